The number of aliphatic hydroxyl groups excluding tert-OH is 1. The smallest absolute Gasteiger partial charge is 0.305 e. The van der Waals surface area contributed by atoms with Gasteiger partial charge in [-0.3, -0.25) is 24.1 Å². The van der Waals surface area contributed by atoms with E-state index in [0.717, 1.165) is 5.56 Å². The summed E-state index contributed by atoms with van der Waals surface area (Å²) < 4.78 is 17.4. The second-order valence-electron chi connectivity index (χ2n) is 14.3. The van der Waals surface area contributed by atoms with Gasteiger partial charge in [-0.15, -0.1) is 0 Å². The van der Waals surface area contributed by atoms with Gasteiger partial charge in [0.1, 0.15) is 5.75 Å². The van der Waals surface area contributed by atoms with Crippen LogP contribution in [0.4, 0.5) is 17.1 Å². The van der Waals surface area contributed by atoms with Crippen LogP contribution < -0.4 is 14.5 Å². The maximum Gasteiger partial charge on any atom is 0.305 e. The third kappa shape index (κ3) is 6.97. The van der Waals surface area contributed by atoms with E-state index in [0.29, 0.717) is 47.8 Å². The number of unbranched alkanes of at least 4 members (excludes halogenated alkanes) is 1. The standard InChI is InChI=1S/C39H47N3O9Si/c1-26-37(52(3,4)48)33(23-34(44)40(20-21-43)24-27-12-6-5-7-13-27)51-39(26)29-22-28(42-31-14-8-9-15-32(31)50-25-35(42)45)17-18-30(29)41(38(39)47)19-11-10-16-36(46)49-2/h5-9,12-15,17-18,22,26,33,37,43,48H,10-11,16,19-21,23-25H2,1-4H3/t26-,33+,37-,39+/m0/s1. The van der Waals surface area contributed by atoms with Gasteiger partial charge in [-0.2, -0.15) is 0 Å². The number of hydrogen-bond acceptors (Lipinski definition) is 9. The summed E-state index contributed by atoms with van der Waals surface area (Å²) >= 11 is 0. The number of methoxy groups -OCH3 is 1. The number of carbonyl (C=O) groups excluding carboxylic acids is 4. The average Bonchev–Trinajstić information content (AvgIpc) is 3.55. The van der Waals surface area contributed by atoms with Crippen LogP contribution in [-0.2, 0) is 40.8 Å². The van der Waals surface area contributed by atoms with Crippen LogP contribution in [0, 0.1) is 5.92 Å². The highest BCUT2D eigenvalue weighted by Gasteiger charge is 2.66. The Balaban J connectivity index is 1.40. The summed E-state index contributed by atoms with van der Waals surface area (Å²) in [7, 11) is -1.77. The first kappa shape index (κ1) is 37.2. The topological polar surface area (TPSA) is 146 Å². The molecule has 0 radical (unpaired) electrons. The lowest BCUT2D eigenvalue weighted by Gasteiger charge is -2.33. The number of hydrogen-bond donors (Lipinski definition) is 2. The Hall–Kier alpha value is -4.56. The number of benzene rings is 3. The normalized spacial score (nSPS) is 22.3. The van der Waals surface area contributed by atoms with Crippen LogP contribution in [-0.4, -0.2) is 86.3 Å². The van der Waals surface area contributed by atoms with Gasteiger partial charge in [-0.1, -0.05) is 49.4 Å². The Kier molecular flexibility index (Phi) is 10.9. The van der Waals surface area contributed by atoms with Gasteiger partial charge in [0.2, 0.25) is 5.91 Å². The fourth-order valence-corrected chi connectivity index (χ4v) is 10.7. The number of anilines is 3. The largest absolute Gasteiger partial charge is 0.482 e. The zero-order chi connectivity index (χ0) is 37.2. The maximum atomic E-state index is 14.9. The first-order valence-corrected chi connectivity index (χ1v) is 20.8. The number of rotatable bonds is 13. The molecule has 3 aliphatic rings. The van der Waals surface area contributed by atoms with E-state index in [4.69, 9.17) is 14.2 Å². The van der Waals surface area contributed by atoms with Crippen molar-refractivity contribution in [1.29, 1.82) is 0 Å². The lowest BCUT2D eigenvalue weighted by atomic mass is 9.82. The highest BCUT2D eigenvalue weighted by atomic mass is 28.4. The number of carbonyl (C=O) groups is 4. The minimum atomic E-state index is -3.11. The fraction of sp³-hybridized carbons (Fsp3) is 0.436. The van der Waals surface area contributed by atoms with Crippen LogP contribution in [0.1, 0.15) is 43.7 Å². The van der Waals surface area contributed by atoms with E-state index in [1.807, 2.05) is 61.5 Å². The molecule has 0 aromatic heterocycles. The molecule has 0 aliphatic carbocycles. The van der Waals surface area contributed by atoms with E-state index >= 15 is 0 Å². The van der Waals surface area contributed by atoms with Crippen LogP contribution in [0.25, 0.3) is 0 Å². The summed E-state index contributed by atoms with van der Waals surface area (Å²) in [5, 5.41) is 9.87. The molecule has 276 valence electrons. The summed E-state index contributed by atoms with van der Waals surface area (Å²) in [5.74, 6) is -1.17. The molecule has 0 bridgehead atoms. The zero-order valence-corrected chi connectivity index (χ0v) is 31.1. The first-order chi connectivity index (χ1) is 24.9. The average molecular weight is 730 g/mol. The van der Waals surface area contributed by atoms with E-state index in [-0.39, 0.29) is 62.8 Å². The van der Waals surface area contributed by atoms with Crippen molar-refractivity contribution in [3.63, 3.8) is 0 Å². The molecule has 1 spiro atoms. The van der Waals surface area contributed by atoms with Crippen molar-refractivity contribution in [2.45, 2.75) is 69.5 Å². The highest BCUT2D eigenvalue weighted by Crippen LogP contribution is 2.60. The molecular weight excluding hydrogens is 683 g/mol. The molecule has 3 aromatic rings. The van der Waals surface area contributed by atoms with Gasteiger partial charge < -0.3 is 33.9 Å². The van der Waals surface area contributed by atoms with Crippen LogP contribution >= 0.6 is 0 Å². The van der Waals surface area contributed by atoms with Crippen LogP contribution in [0.2, 0.25) is 18.6 Å². The van der Waals surface area contributed by atoms with Crippen LogP contribution in [0.3, 0.4) is 0 Å². The minimum Gasteiger partial charge on any atom is -0.482 e. The third-order valence-electron chi connectivity index (χ3n) is 10.5. The number of para-hydroxylation sites is 2. The molecule has 52 heavy (non-hydrogen) atoms. The molecular formula is C39H47N3O9Si. The van der Waals surface area contributed by atoms with Gasteiger partial charge in [-0.25, -0.2) is 0 Å². The first-order valence-electron chi connectivity index (χ1n) is 17.8. The Morgan fingerprint density at radius 2 is 1.75 bits per heavy atom. The van der Waals surface area contributed by atoms with Crippen molar-refractivity contribution in [2.75, 3.05) is 43.2 Å². The number of amides is 3. The molecule has 2 N–H and O–H groups in total. The monoisotopic (exact) mass is 729 g/mol. The number of fused-ring (bicyclic) bond motifs is 3. The number of aliphatic hydroxyl groups is 1. The molecule has 1 fully saturated rings. The van der Waals surface area contributed by atoms with E-state index in [2.05, 4.69) is 0 Å². The fourth-order valence-electron chi connectivity index (χ4n) is 8.17. The minimum absolute atomic E-state index is 0.0999. The predicted molar refractivity (Wildman–Crippen MR) is 196 cm³/mol. The molecule has 0 unspecified atom stereocenters. The van der Waals surface area contributed by atoms with Crippen molar-refractivity contribution in [1.82, 2.24) is 4.90 Å². The van der Waals surface area contributed by atoms with Crippen molar-refractivity contribution in [3.05, 3.63) is 83.9 Å². The van der Waals surface area contributed by atoms with E-state index < -0.39 is 31.5 Å². The molecule has 12 nitrogen and oxygen atoms in total. The van der Waals surface area contributed by atoms with E-state index in [1.165, 1.54) is 7.11 Å². The van der Waals surface area contributed by atoms with E-state index in [1.54, 1.807) is 46.0 Å². The second-order valence-corrected chi connectivity index (χ2v) is 18.2. The molecule has 1 saturated heterocycles. The molecule has 0 saturated carbocycles. The summed E-state index contributed by atoms with van der Waals surface area (Å²) in [6, 6.07) is 22.2. The number of ether oxygens (including phenoxy) is 3. The van der Waals surface area contributed by atoms with Crippen molar-refractivity contribution < 1.29 is 43.3 Å². The lowest BCUT2D eigenvalue weighted by Crippen LogP contribution is -2.46. The quantitative estimate of drug-likeness (QED) is 0.146. The van der Waals surface area contributed by atoms with Gasteiger partial charge in [0.15, 0.2) is 20.5 Å². The maximum absolute atomic E-state index is 14.9. The predicted octanol–water partition coefficient (Wildman–Crippen LogP) is 4.64. The van der Waals surface area contributed by atoms with E-state index in [9.17, 15) is 29.1 Å². The summed E-state index contributed by atoms with van der Waals surface area (Å²) in [6.07, 6.45) is 0.326. The molecule has 4 atom stereocenters. The Morgan fingerprint density at radius 3 is 2.46 bits per heavy atom. The molecule has 3 amide bonds. The van der Waals surface area contributed by atoms with Crippen molar-refractivity contribution in [3.8, 4) is 5.75 Å². The Labute approximate surface area is 305 Å². The highest BCUT2D eigenvalue weighted by molar-refractivity contribution is 6.71. The van der Waals surface area contributed by atoms with Gasteiger partial charge in [0.05, 0.1) is 37.6 Å². The SMILES string of the molecule is COC(=O)CCCCN1C(=O)[C@]2(O[C@H](CC(=O)N(CCO)Cc3ccccc3)[C@@H]([Si](C)(C)O)[C@@H]2C)c2cc(N3C(=O)COc4ccccc43)ccc21. The molecule has 13 heteroatoms. The Bertz CT molecular complexity index is 1820. The molecule has 6 rings (SSSR count). The Morgan fingerprint density at radius 1 is 1.02 bits per heavy atom. The van der Waals surface area contributed by atoms with Gasteiger partial charge in [0, 0.05) is 48.8 Å². The zero-order valence-electron chi connectivity index (χ0n) is 30.1. The summed E-state index contributed by atoms with van der Waals surface area (Å²) in [5.41, 5.74) is 1.10. The van der Waals surface area contributed by atoms with Crippen LogP contribution in [0.15, 0.2) is 72.8 Å². The van der Waals surface area contributed by atoms with Gasteiger partial charge in [-0.05, 0) is 61.8 Å². The number of nitrogens with zero attached hydrogens (tertiary/aromatic N) is 3. The van der Waals surface area contributed by atoms with Crippen LogP contribution in [0.5, 0.6) is 5.75 Å². The lowest BCUT2D eigenvalue weighted by molar-refractivity contribution is -0.150. The molecule has 3 aliphatic heterocycles. The summed E-state index contributed by atoms with van der Waals surface area (Å²) in [4.78, 5) is 70.8. The van der Waals surface area contributed by atoms with Gasteiger partial charge in [0.25, 0.3) is 11.8 Å². The second kappa shape index (κ2) is 15.2. The third-order valence-corrected chi connectivity index (χ3v) is 13.0. The molecule has 3 aromatic carbocycles. The summed E-state index contributed by atoms with van der Waals surface area (Å²) in [6.45, 7) is 5.83. The number of esters is 1. The van der Waals surface area contributed by atoms with Crippen molar-refractivity contribution in [2.24, 2.45) is 5.92 Å². The molecule has 3 heterocycles. The van der Waals surface area contributed by atoms with Gasteiger partial charge >= 0.3 is 5.97 Å². The van der Waals surface area contributed by atoms with Crippen molar-refractivity contribution >= 4 is 49.1 Å².